The average Bonchev–Trinajstić information content (AvgIpc) is 2.75. The van der Waals surface area contributed by atoms with Crippen molar-refractivity contribution in [2.45, 2.75) is 18.2 Å². The summed E-state index contributed by atoms with van der Waals surface area (Å²) in [4.78, 5) is 16.5. The normalized spacial score (nSPS) is 14.6. The van der Waals surface area contributed by atoms with Gasteiger partial charge in [-0.3, -0.25) is 4.79 Å². The van der Waals surface area contributed by atoms with Gasteiger partial charge in [-0.15, -0.1) is 0 Å². The fourth-order valence-corrected chi connectivity index (χ4v) is 4.61. The molecule has 2 aromatic carbocycles. The van der Waals surface area contributed by atoms with E-state index < -0.39 is 10.0 Å². The maximum atomic E-state index is 12.5. The molecule has 0 aromatic heterocycles. The number of hydrogen-bond donors (Lipinski definition) is 1. The average molecular weight is 452 g/mol. The van der Waals surface area contributed by atoms with E-state index in [0.29, 0.717) is 43.6 Å². The number of anilines is 1. The van der Waals surface area contributed by atoms with Crippen LogP contribution in [0.4, 0.5) is 5.69 Å². The molecule has 3 rings (SSSR count). The van der Waals surface area contributed by atoms with Gasteiger partial charge in [0.1, 0.15) is 5.75 Å². The van der Waals surface area contributed by atoms with Gasteiger partial charge in [0, 0.05) is 39.1 Å². The van der Waals surface area contributed by atoms with Crippen LogP contribution < -0.4 is 14.4 Å². The van der Waals surface area contributed by atoms with E-state index in [4.69, 9.17) is 16.3 Å². The van der Waals surface area contributed by atoms with Gasteiger partial charge < -0.3 is 14.5 Å². The van der Waals surface area contributed by atoms with Gasteiger partial charge in [0.15, 0.2) is 0 Å². The van der Waals surface area contributed by atoms with Crippen LogP contribution in [0.25, 0.3) is 0 Å². The Hall–Kier alpha value is -2.29. The van der Waals surface area contributed by atoms with E-state index in [1.807, 2.05) is 31.2 Å². The molecule has 1 amide bonds. The summed E-state index contributed by atoms with van der Waals surface area (Å²) in [6, 6.07) is 13.9. The summed E-state index contributed by atoms with van der Waals surface area (Å²) in [5.41, 5.74) is 0.967. The Bertz CT molecular complexity index is 958. The summed E-state index contributed by atoms with van der Waals surface area (Å²) in [7, 11) is -3.67. The highest BCUT2D eigenvalue weighted by atomic mass is 35.5. The van der Waals surface area contributed by atoms with Gasteiger partial charge in [0.2, 0.25) is 15.9 Å². The minimum atomic E-state index is -3.67. The first-order valence-corrected chi connectivity index (χ1v) is 11.8. The number of amides is 1. The van der Waals surface area contributed by atoms with Crippen molar-refractivity contribution in [1.29, 1.82) is 0 Å². The zero-order valence-corrected chi connectivity index (χ0v) is 18.5. The zero-order chi connectivity index (χ0) is 21.6. The molecular weight excluding hydrogens is 426 g/mol. The smallest absolute Gasteiger partial charge is 0.240 e. The van der Waals surface area contributed by atoms with E-state index in [9.17, 15) is 13.2 Å². The number of carbonyl (C=O) groups is 1. The van der Waals surface area contributed by atoms with Crippen molar-refractivity contribution in [2.75, 3.05) is 44.2 Å². The lowest BCUT2D eigenvalue weighted by Gasteiger charge is -2.36. The Balaban J connectivity index is 1.46. The van der Waals surface area contributed by atoms with Crippen molar-refractivity contribution >= 4 is 33.2 Å². The fourth-order valence-electron chi connectivity index (χ4n) is 3.32. The maximum absolute atomic E-state index is 12.5. The molecule has 2 aromatic rings. The number of sulfonamides is 1. The minimum absolute atomic E-state index is 0.0547. The number of rotatable bonds is 8. The van der Waals surface area contributed by atoms with Crippen LogP contribution >= 0.6 is 11.6 Å². The lowest BCUT2D eigenvalue weighted by molar-refractivity contribution is -0.131. The second-order valence-electron chi connectivity index (χ2n) is 6.87. The predicted octanol–water partition coefficient (Wildman–Crippen LogP) is 2.76. The van der Waals surface area contributed by atoms with Crippen molar-refractivity contribution in [3.05, 3.63) is 53.6 Å². The summed E-state index contributed by atoms with van der Waals surface area (Å²) in [5.74, 6) is 0.547. The predicted molar refractivity (Wildman–Crippen MR) is 118 cm³/mol. The Morgan fingerprint density at radius 1 is 1.07 bits per heavy atom. The summed E-state index contributed by atoms with van der Waals surface area (Å²) < 4.78 is 32.6. The summed E-state index contributed by atoms with van der Waals surface area (Å²) in [6.07, 6.45) is 0.113. The number of benzene rings is 2. The van der Waals surface area contributed by atoms with Crippen LogP contribution in [0.5, 0.6) is 5.75 Å². The van der Waals surface area contributed by atoms with Crippen molar-refractivity contribution in [3.63, 3.8) is 0 Å². The number of nitrogens with one attached hydrogen (secondary N) is 1. The maximum Gasteiger partial charge on any atom is 0.240 e. The molecule has 30 heavy (non-hydrogen) atoms. The van der Waals surface area contributed by atoms with Gasteiger partial charge in [-0.25, -0.2) is 13.1 Å². The quantitative estimate of drug-likeness (QED) is 0.667. The molecule has 1 aliphatic heterocycles. The Kier molecular flexibility index (Phi) is 7.58. The van der Waals surface area contributed by atoms with Crippen LogP contribution in [0.2, 0.25) is 5.02 Å². The highest BCUT2D eigenvalue weighted by molar-refractivity contribution is 7.89. The largest absolute Gasteiger partial charge is 0.494 e. The first kappa shape index (κ1) is 22.4. The number of para-hydroxylation sites is 1. The highest BCUT2D eigenvalue weighted by Crippen LogP contribution is 2.26. The van der Waals surface area contributed by atoms with Crippen molar-refractivity contribution in [2.24, 2.45) is 0 Å². The van der Waals surface area contributed by atoms with E-state index in [1.54, 1.807) is 17.0 Å². The highest BCUT2D eigenvalue weighted by Gasteiger charge is 2.22. The number of carbonyl (C=O) groups excluding carboxylic acids is 1. The molecular formula is C21H26ClN3O4S. The fraction of sp³-hybridized carbons (Fsp3) is 0.381. The standard InChI is InChI=1S/C21H26ClN3O4S/c1-2-29-17-7-9-18(10-8-17)30(27,28)23-12-11-21(26)25-15-13-24(14-16-25)20-6-4-3-5-19(20)22/h3-10,23H,2,11-16H2,1H3. The Morgan fingerprint density at radius 3 is 2.37 bits per heavy atom. The molecule has 1 heterocycles. The molecule has 1 aliphatic rings. The molecule has 0 unspecified atom stereocenters. The SMILES string of the molecule is CCOc1ccc(S(=O)(=O)NCCC(=O)N2CCN(c3ccccc3Cl)CC2)cc1. The molecule has 7 nitrogen and oxygen atoms in total. The van der Waals surface area contributed by atoms with E-state index >= 15 is 0 Å². The third-order valence-electron chi connectivity index (χ3n) is 4.90. The molecule has 0 atom stereocenters. The van der Waals surface area contributed by atoms with Gasteiger partial charge in [-0.05, 0) is 43.3 Å². The van der Waals surface area contributed by atoms with Crippen molar-refractivity contribution < 1.29 is 17.9 Å². The van der Waals surface area contributed by atoms with Gasteiger partial charge in [-0.1, -0.05) is 23.7 Å². The topological polar surface area (TPSA) is 78.9 Å². The van der Waals surface area contributed by atoms with E-state index in [0.717, 1.165) is 5.69 Å². The lowest BCUT2D eigenvalue weighted by atomic mass is 10.2. The summed E-state index contributed by atoms with van der Waals surface area (Å²) >= 11 is 6.25. The van der Waals surface area contributed by atoms with Crippen LogP contribution in [0.1, 0.15) is 13.3 Å². The molecule has 0 aliphatic carbocycles. The van der Waals surface area contributed by atoms with Crippen LogP contribution in [0.15, 0.2) is 53.4 Å². The summed E-state index contributed by atoms with van der Waals surface area (Å²) in [5, 5.41) is 0.695. The van der Waals surface area contributed by atoms with Gasteiger partial charge in [0.05, 0.1) is 22.2 Å². The van der Waals surface area contributed by atoms with Crippen molar-refractivity contribution in [3.8, 4) is 5.75 Å². The first-order valence-electron chi connectivity index (χ1n) is 9.90. The first-order chi connectivity index (χ1) is 14.4. The van der Waals surface area contributed by atoms with Crippen LogP contribution in [0.3, 0.4) is 0 Å². The second-order valence-corrected chi connectivity index (χ2v) is 9.05. The lowest BCUT2D eigenvalue weighted by Crippen LogP contribution is -2.49. The van der Waals surface area contributed by atoms with E-state index in [-0.39, 0.29) is 23.8 Å². The number of halogens is 1. The molecule has 9 heteroatoms. The molecule has 0 radical (unpaired) electrons. The van der Waals surface area contributed by atoms with Gasteiger partial charge in [-0.2, -0.15) is 0 Å². The Labute approximate surface area is 182 Å². The number of nitrogens with zero attached hydrogens (tertiary/aromatic N) is 2. The monoisotopic (exact) mass is 451 g/mol. The molecule has 162 valence electrons. The Morgan fingerprint density at radius 2 is 1.73 bits per heavy atom. The van der Waals surface area contributed by atoms with Crippen LogP contribution in [-0.4, -0.2) is 58.6 Å². The molecule has 0 spiro atoms. The molecule has 1 saturated heterocycles. The van der Waals surface area contributed by atoms with Crippen LogP contribution in [0, 0.1) is 0 Å². The third-order valence-corrected chi connectivity index (χ3v) is 6.70. The van der Waals surface area contributed by atoms with Crippen LogP contribution in [-0.2, 0) is 14.8 Å². The number of ether oxygens (including phenoxy) is 1. The zero-order valence-electron chi connectivity index (χ0n) is 16.9. The summed E-state index contributed by atoms with van der Waals surface area (Å²) in [6.45, 7) is 4.96. The van der Waals surface area contributed by atoms with Gasteiger partial charge in [0.25, 0.3) is 0 Å². The number of piperazine rings is 1. The van der Waals surface area contributed by atoms with E-state index in [2.05, 4.69) is 9.62 Å². The molecule has 1 N–H and O–H groups in total. The molecule has 0 bridgehead atoms. The number of hydrogen-bond acceptors (Lipinski definition) is 5. The van der Waals surface area contributed by atoms with E-state index in [1.165, 1.54) is 12.1 Å². The minimum Gasteiger partial charge on any atom is -0.494 e. The van der Waals surface area contributed by atoms with Gasteiger partial charge >= 0.3 is 0 Å². The third kappa shape index (κ3) is 5.65. The second kappa shape index (κ2) is 10.1. The van der Waals surface area contributed by atoms with Crippen molar-refractivity contribution in [1.82, 2.24) is 9.62 Å². The molecule has 1 fully saturated rings. The molecule has 0 saturated carbocycles.